The third-order valence-electron chi connectivity index (χ3n) is 6.97. The van der Waals surface area contributed by atoms with Gasteiger partial charge in [0.05, 0.1) is 23.7 Å². The van der Waals surface area contributed by atoms with Crippen LogP contribution >= 0.6 is 34.7 Å². The average Bonchev–Trinajstić information content (AvgIpc) is 3.41. The Morgan fingerprint density at radius 1 is 0.950 bits per heavy atom. The van der Waals surface area contributed by atoms with Crippen molar-refractivity contribution >= 4 is 63.8 Å². The van der Waals surface area contributed by atoms with Gasteiger partial charge < -0.3 is 10.1 Å². The SMILES string of the molecule is COc1ccc(C2c3sc(=O)n(CC(=O)Nc4ccc(Cl)cc4)c3SC3C(=O)N(c4ccccc4)C(=O)C32)cc1. The third-order valence-corrected chi connectivity index (χ3v) is 9.82. The molecule has 1 saturated heterocycles. The zero-order valence-electron chi connectivity index (χ0n) is 21.1. The number of amides is 3. The number of ether oxygens (including phenoxy) is 1. The van der Waals surface area contributed by atoms with Gasteiger partial charge in [0.15, 0.2) is 0 Å². The Morgan fingerprint density at radius 3 is 2.33 bits per heavy atom. The summed E-state index contributed by atoms with van der Waals surface area (Å²) in [4.78, 5) is 55.4. The number of anilines is 2. The molecule has 3 amide bonds. The van der Waals surface area contributed by atoms with Crippen LogP contribution < -0.4 is 19.8 Å². The minimum atomic E-state index is -0.758. The molecule has 0 bridgehead atoms. The molecule has 1 N–H and O–H groups in total. The minimum absolute atomic E-state index is 0.239. The maximum atomic E-state index is 13.9. The second-order valence-corrected chi connectivity index (χ2v) is 11.9. The van der Waals surface area contributed by atoms with Gasteiger partial charge in [0.25, 0.3) is 0 Å². The molecule has 3 aromatic carbocycles. The number of carbonyl (C=O) groups is 3. The van der Waals surface area contributed by atoms with Gasteiger partial charge >= 0.3 is 4.87 Å². The number of hydrogen-bond donors (Lipinski definition) is 1. The third kappa shape index (κ3) is 4.61. The zero-order chi connectivity index (χ0) is 28.0. The van der Waals surface area contributed by atoms with Crippen molar-refractivity contribution in [2.24, 2.45) is 5.92 Å². The van der Waals surface area contributed by atoms with E-state index in [1.54, 1.807) is 67.8 Å². The van der Waals surface area contributed by atoms with Crippen molar-refractivity contribution in [3.63, 3.8) is 0 Å². The van der Waals surface area contributed by atoms with Crippen molar-refractivity contribution in [1.82, 2.24) is 4.57 Å². The van der Waals surface area contributed by atoms with Crippen molar-refractivity contribution in [1.29, 1.82) is 0 Å². The zero-order valence-corrected chi connectivity index (χ0v) is 23.5. The van der Waals surface area contributed by atoms with E-state index < -0.39 is 23.0 Å². The van der Waals surface area contributed by atoms with Gasteiger partial charge in [-0.2, -0.15) is 0 Å². The second-order valence-electron chi connectivity index (χ2n) is 9.34. The smallest absolute Gasteiger partial charge is 0.308 e. The number of nitrogens with one attached hydrogen (secondary N) is 1. The molecule has 1 fully saturated rings. The molecule has 0 radical (unpaired) electrons. The molecule has 3 unspecified atom stereocenters. The predicted octanol–water partition coefficient (Wildman–Crippen LogP) is 5.01. The summed E-state index contributed by atoms with van der Waals surface area (Å²) < 4.78 is 6.71. The molecule has 4 aromatic rings. The fraction of sp³-hybridized carbons (Fsp3) is 0.172. The van der Waals surface area contributed by atoms with Gasteiger partial charge in [0, 0.05) is 21.5 Å². The Morgan fingerprint density at radius 2 is 1.65 bits per heavy atom. The monoisotopic (exact) mass is 591 g/mol. The maximum absolute atomic E-state index is 13.9. The van der Waals surface area contributed by atoms with E-state index in [0.29, 0.717) is 32.1 Å². The minimum Gasteiger partial charge on any atom is -0.497 e. The summed E-state index contributed by atoms with van der Waals surface area (Å²) in [6, 6.07) is 22.8. The number of fused-ring (bicyclic) bond motifs is 2. The fourth-order valence-electron chi connectivity index (χ4n) is 5.13. The number of rotatable bonds is 6. The summed E-state index contributed by atoms with van der Waals surface area (Å²) in [6.45, 7) is -0.239. The van der Waals surface area contributed by atoms with Crippen LogP contribution in [0.2, 0.25) is 5.02 Å². The van der Waals surface area contributed by atoms with Gasteiger partial charge in [-0.05, 0) is 54.1 Å². The number of hydrogen-bond acceptors (Lipinski definition) is 7. The van der Waals surface area contributed by atoms with Crippen LogP contribution in [-0.2, 0) is 20.9 Å². The molecule has 3 atom stereocenters. The van der Waals surface area contributed by atoms with E-state index in [2.05, 4.69) is 5.32 Å². The Labute approximate surface area is 242 Å². The molecular formula is C29H22ClN3O5S2. The first-order valence-electron chi connectivity index (χ1n) is 12.4. The molecule has 0 spiro atoms. The average molecular weight is 592 g/mol. The lowest BCUT2D eigenvalue weighted by atomic mass is 9.83. The first-order chi connectivity index (χ1) is 19.4. The lowest BCUT2D eigenvalue weighted by molar-refractivity contribution is -0.122. The Kier molecular flexibility index (Phi) is 6.99. The van der Waals surface area contributed by atoms with E-state index in [0.717, 1.165) is 16.9 Å². The van der Waals surface area contributed by atoms with Crippen molar-refractivity contribution in [2.75, 3.05) is 17.3 Å². The van der Waals surface area contributed by atoms with Crippen LogP contribution in [0, 0.1) is 5.92 Å². The van der Waals surface area contributed by atoms with E-state index in [1.807, 2.05) is 18.2 Å². The van der Waals surface area contributed by atoms with E-state index in [4.69, 9.17) is 16.3 Å². The van der Waals surface area contributed by atoms with Crippen LogP contribution in [0.15, 0.2) is 88.7 Å². The van der Waals surface area contributed by atoms with E-state index in [9.17, 15) is 19.2 Å². The summed E-state index contributed by atoms with van der Waals surface area (Å²) in [5, 5.41) is 3.09. The molecule has 2 aliphatic heterocycles. The molecule has 8 nitrogen and oxygen atoms in total. The van der Waals surface area contributed by atoms with Crippen LogP contribution in [0.1, 0.15) is 16.4 Å². The molecule has 2 aliphatic rings. The highest BCUT2D eigenvalue weighted by atomic mass is 35.5. The summed E-state index contributed by atoms with van der Waals surface area (Å²) in [5.41, 5.74) is 1.84. The standard InChI is InChI=1S/C29H22ClN3O5S2/c1-38-20-13-7-16(8-14-20)22-23-24(27(36)33(26(23)35)19-5-3-2-4-6-19)39-28-25(22)40-29(37)32(28)15-21(34)31-18-11-9-17(30)10-12-18/h2-14,22-24H,15H2,1H3,(H,31,34). The van der Waals surface area contributed by atoms with Crippen LogP contribution in [0.5, 0.6) is 5.75 Å². The highest BCUT2D eigenvalue weighted by Gasteiger charge is 2.56. The molecule has 11 heteroatoms. The molecule has 1 aromatic heterocycles. The second kappa shape index (κ2) is 10.6. The number of para-hydroxylation sites is 1. The largest absolute Gasteiger partial charge is 0.497 e. The van der Waals surface area contributed by atoms with Gasteiger partial charge in [-0.15, -0.1) is 0 Å². The number of aromatic nitrogens is 1. The molecular weight excluding hydrogens is 570 g/mol. The number of imide groups is 1. The molecule has 0 aliphatic carbocycles. The summed E-state index contributed by atoms with van der Waals surface area (Å²) in [6.07, 6.45) is 0. The number of nitrogens with zero attached hydrogens (tertiary/aromatic N) is 2. The Bertz CT molecular complexity index is 1670. The fourth-order valence-corrected chi connectivity index (χ4v) is 8.03. The van der Waals surface area contributed by atoms with Crippen LogP contribution in [0.4, 0.5) is 11.4 Å². The van der Waals surface area contributed by atoms with Gasteiger partial charge in [-0.1, -0.05) is 65.0 Å². The Balaban J connectivity index is 1.41. The van der Waals surface area contributed by atoms with E-state index >= 15 is 0 Å². The van der Waals surface area contributed by atoms with Crippen LogP contribution in [-0.4, -0.2) is 34.6 Å². The topological polar surface area (TPSA) is 97.7 Å². The molecule has 0 saturated carbocycles. The summed E-state index contributed by atoms with van der Waals surface area (Å²) >= 11 is 8.12. The van der Waals surface area contributed by atoms with Crippen molar-refractivity contribution in [3.05, 3.63) is 104 Å². The quantitative estimate of drug-likeness (QED) is 0.317. The predicted molar refractivity (Wildman–Crippen MR) is 156 cm³/mol. The maximum Gasteiger partial charge on any atom is 0.308 e. The van der Waals surface area contributed by atoms with Gasteiger partial charge in [0.2, 0.25) is 17.7 Å². The Hall–Kier alpha value is -3.86. The lowest BCUT2D eigenvalue weighted by Crippen LogP contribution is -2.33. The first-order valence-corrected chi connectivity index (χ1v) is 14.5. The summed E-state index contributed by atoms with van der Waals surface area (Å²) in [7, 11) is 1.57. The lowest BCUT2D eigenvalue weighted by Gasteiger charge is -2.30. The van der Waals surface area contributed by atoms with Gasteiger partial charge in [-0.25, -0.2) is 4.90 Å². The highest BCUT2D eigenvalue weighted by Crippen LogP contribution is 2.54. The number of carbonyl (C=O) groups excluding carboxylic acids is 3. The number of thiazole rings is 1. The number of benzene rings is 3. The van der Waals surface area contributed by atoms with Gasteiger partial charge in [-0.3, -0.25) is 23.7 Å². The number of methoxy groups -OCH3 is 1. The normalized spacial score (nSPS) is 19.8. The summed E-state index contributed by atoms with van der Waals surface area (Å²) in [5.74, 6) is -1.66. The van der Waals surface area contributed by atoms with Crippen molar-refractivity contribution in [3.8, 4) is 5.75 Å². The number of halogens is 1. The molecule has 202 valence electrons. The van der Waals surface area contributed by atoms with Crippen LogP contribution in [0.25, 0.3) is 0 Å². The molecule has 40 heavy (non-hydrogen) atoms. The van der Waals surface area contributed by atoms with E-state index in [1.165, 1.54) is 21.2 Å². The highest BCUT2D eigenvalue weighted by molar-refractivity contribution is 8.00. The van der Waals surface area contributed by atoms with Crippen LogP contribution in [0.3, 0.4) is 0 Å². The molecule has 6 rings (SSSR count). The van der Waals surface area contributed by atoms with Crippen molar-refractivity contribution in [2.45, 2.75) is 22.7 Å². The van der Waals surface area contributed by atoms with Gasteiger partial charge in [0.1, 0.15) is 17.5 Å². The van der Waals surface area contributed by atoms with Crippen molar-refractivity contribution < 1.29 is 19.1 Å². The molecule has 3 heterocycles. The number of thioether (sulfide) groups is 1. The first kappa shape index (κ1) is 26.4. The van der Waals surface area contributed by atoms with E-state index in [-0.39, 0.29) is 23.2 Å².